The summed E-state index contributed by atoms with van der Waals surface area (Å²) in [6, 6.07) is 7.18. The quantitative estimate of drug-likeness (QED) is 0.797. The largest absolute Gasteiger partial charge is 0.494 e. The lowest BCUT2D eigenvalue weighted by molar-refractivity contribution is 0.288. The van der Waals surface area contributed by atoms with Crippen molar-refractivity contribution in [1.82, 2.24) is 9.62 Å². The van der Waals surface area contributed by atoms with Gasteiger partial charge in [0, 0.05) is 19.1 Å². The van der Waals surface area contributed by atoms with Crippen molar-refractivity contribution in [2.24, 2.45) is 5.92 Å². The van der Waals surface area contributed by atoms with Crippen molar-refractivity contribution < 1.29 is 13.2 Å². The zero-order valence-corrected chi connectivity index (χ0v) is 15.7. The summed E-state index contributed by atoms with van der Waals surface area (Å²) in [7, 11) is -3.39. The first-order valence-corrected chi connectivity index (χ1v) is 10.00. The van der Waals surface area contributed by atoms with E-state index in [4.69, 9.17) is 4.74 Å². The van der Waals surface area contributed by atoms with Gasteiger partial charge in [0.2, 0.25) is 10.0 Å². The Hall–Kier alpha value is -0.820. The summed E-state index contributed by atoms with van der Waals surface area (Å²) >= 11 is 0. The van der Waals surface area contributed by atoms with Crippen molar-refractivity contribution in [3.8, 4) is 5.75 Å². The van der Waals surface area contributed by atoms with Crippen molar-refractivity contribution in [3.63, 3.8) is 0 Å². The lowest BCUT2D eigenvalue weighted by atomic mass is 10.1. The molecule has 0 unspecified atom stereocenters. The number of hydrogen-bond donors (Lipinski definition) is 1. The average Bonchev–Trinajstić information content (AvgIpc) is 3.39. The fraction of sp³-hybridized carbons (Fsp3) is 0.647. The second kappa shape index (κ2) is 8.52. The van der Waals surface area contributed by atoms with Crippen LogP contribution in [-0.2, 0) is 10.0 Å². The number of benzene rings is 1. The molecule has 0 aromatic heterocycles. The SMILES string of the molecule is CCOc1ccc(S(=O)(=O)N2CCC(NCC3CC3)CC2)cc1.Cl. The van der Waals surface area contributed by atoms with E-state index in [0.29, 0.717) is 36.4 Å². The number of rotatable bonds is 7. The molecule has 5 nitrogen and oxygen atoms in total. The Kier molecular flexibility index (Phi) is 6.92. The second-order valence-electron chi connectivity index (χ2n) is 6.43. The fourth-order valence-corrected chi connectivity index (χ4v) is 4.45. The van der Waals surface area contributed by atoms with Crippen molar-refractivity contribution in [1.29, 1.82) is 0 Å². The number of nitrogens with zero attached hydrogens (tertiary/aromatic N) is 1. The Bertz CT molecular complexity index is 609. The molecule has 136 valence electrons. The molecule has 1 heterocycles. The predicted molar refractivity (Wildman–Crippen MR) is 97.4 cm³/mol. The monoisotopic (exact) mass is 374 g/mol. The summed E-state index contributed by atoms with van der Waals surface area (Å²) in [6.45, 7) is 4.77. The van der Waals surface area contributed by atoms with Crippen LogP contribution in [0.2, 0.25) is 0 Å². The maximum Gasteiger partial charge on any atom is 0.243 e. The van der Waals surface area contributed by atoms with E-state index >= 15 is 0 Å². The normalized spacial score (nSPS) is 19.7. The first-order chi connectivity index (χ1) is 11.1. The van der Waals surface area contributed by atoms with Crippen LogP contribution in [0.4, 0.5) is 0 Å². The van der Waals surface area contributed by atoms with E-state index in [1.54, 1.807) is 28.6 Å². The summed E-state index contributed by atoms with van der Waals surface area (Å²) < 4.78 is 32.4. The van der Waals surface area contributed by atoms with Crippen LogP contribution in [0, 0.1) is 5.92 Å². The number of ether oxygens (including phenoxy) is 1. The van der Waals surface area contributed by atoms with Crippen molar-refractivity contribution in [2.45, 2.75) is 43.5 Å². The number of hydrogen-bond acceptors (Lipinski definition) is 4. The fourth-order valence-electron chi connectivity index (χ4n) is 2.98. The first-order valence-electron chi connectivity index (χ1n) is 8.56. The molecule has 2 aliphatic rings. The molecule has 0 radical (unpaired) electrons. The summed E-state index contributed by atoms with van der Waals surface area (Å²) in [5.74, 6) is 1.56. The molecule has 1 saturated heterocycles. The minimum Gasteiger partial charge on any atom is -0.494 e. The molecular formula is C17H27ClN2O3S. The molecule has 1 aromatic rings. The van der Waals surface area contributed by atoms with E-state index in [0.717, 1.165) is 25.3 Å². The Balaban J connectivity index is 0.00000208. The Labute approximate surface area is 151 Å². The zero-order chi connectivity index (χ0) is 16.3. The van der Waals surface area contributed by atoms with Gasteiger partial charge in [0.15, 0.2) is 0 Å². The van der Waals surface area contributed by atoms with Crippen LogP contribution in [0.25, 0.3) is 0 Å². The lowest BCUT2D eigenvalue weighted by Gasteiger charge is -2.31. The molecule has 1 N–H and O–H groups in total. The van der Waals surface area contributed by atoms with Crippen molar-refractivity contribution in [2.75, 3.05) is 26.2 Å². The Morgan fingerprint density at radius 3 is 2.29 bits per heavy atom. The maximum absolute atomic E-state index is 12.7. The smallest absolute Gasteiger partial charge is 0.243 e. The van der Waals surface area contributed by atoms with E-state index < -0.39 is 10.0 Å². The lowest BCUT2D eigenvalue weighted by Crippen LogP contribution is -2.45. The third-order valence-corrected chi connectivity index (χ3v) is 6.53. The van der Waals surface area contributed by atoms with E-state index in [9.17, 15) is 8.42 Å². The topological polar surface area (TPSA) is 58.6 Å². The standard InChI is InChI=1S/C17H26N2O3S.ClH/c1-2-22-16-5-7-17(8-6-16)23(20,21)19-11-9-15(10-12-19)18-13-14-3-4-14;/h5-8,14-15,18H,2-4,9-13H2,1H3;1H. The Morgan fingerprint density at radius 1 is 1.12 bits per heavy atom. The molecule has 2 fully saturated rings. The van der Waals surface area contributed by atoms with Gasteiger partial charge in [-0.15, -0.1) is 12.4 Å². The molecule has 0 bridgehead atoms. The molecule has 1 aliphatic heterocycles. The van der Waals surface area contributed by atoms with Crippen molar-refractivity contribution in [3.05, 3.63) is 24.3 Å². The Morgan fingerprint density at radius 2 is 1.75 bits per heavy atom. The molecule has 1 saturated carbocycles. The average molecular weight is 375 g/mol. The molecule has 1 aliphatic carbocycles. The minimum absolute atomic E-state index is 0. The van der Waals surface area contributed by atoms with E-state index in [1.165, 1.54) is 12.8 Å². The van der Waals surface area contributed by atoms with E-state index in [1.807, 2.05) is 6.92 Å². The molecule has 7 heteroatoms. The molecule has 0 amide bonds. The van der Waals surface area contributed by atoms with Gasteiger partial charge in [-0.25, -0.2) is 8.42 Å². The molecule has 24 heavy (non-hydrogen) atoms. The van der Waals surface area contributed by atoms with Crippen LogP contribution >= 0.6 is 12.4 Å². The van der Waals surface area contributed by atoms with Gasteiger partial charge in [-0.3, -0.25) is 0 Å². The second-order valence-corrected chi connectivity index (χ2v) is 8.37. The van der Waals surface area contributed by atoms with Gasteiger partial charge in [-0.05, 0) is 69.3 Å². The molecule has 0 atom stereocenters. The molecular weight excluding hydrogens is 348 g/mol. The highest BCUT2D eigenvalue weighted by Crippen LogP contribution is 2.28. The van der Waals surface area contributed by atoms with Crippen LogP contribution in [0.15, 0.2) is 29.2 Å². The number of sulfonamides is 1. The van der Waals surface area contributed by atoms with Gasteiger partial charge in [-0.1, -0.05) is 0 Å². The summed E-state index contributed by atoms with van der Waals surface area (Å²) in [4.78, 5) is 0.352. The van der Waals surface area contributed by atoms with Crippen LogP contribution < -0.4 is 10.1 Å². The van der Waals surface area contributed by atoms with Gasteiger partial charge >= 0.3 is 0 Å². The van der Waals surface area contributed by atoms with Crippen molar-refractivity contribution >= 4 is 22.4 Å². The first kappa shape index (κ1) is 19.5. The van der Waals surface area contributed by atoms with Crippen LogP contribution in [0.5, 0.6) is 5.75 Å². The van der Waals surface area contributed by atoms with Gasteiger partial charge in [0.1, 0.15) is 5.75 Å². The van der Waals surface area contributed by atoms with E-state index in [-0.39, 0.29) is 12.4 Å². The predicted octanol–water partition coefficient (Wildman–Crippen LogP) is 2.66. The highest BCUT2D eigenvalue weighted by atomic mass is 35.5. The van der Waals surface area contributed by atoms with Gasteiger partial charge in [0.25, 0.3) is 0 Å². The third kappa shape index (κ3) is 4.85. The molecule has 0 spiro atoms. The van der Waals surface area contributed by atoms with Gasteiger partial charge in [-0.2, -0.15) is 4.31 Å². The van der Waals surface area contributed by atoms with Crippen LogP contribution in [0.1, 0.15) is 32.6 Å². The van der Waals surface area contributed by atoms with Crippen LogP contribution in [-0.4, -0.2) is 45.0 Å². The maximum atomic E-state index is 12.7. The van der Waals surface area contributed by atoms with Crippen LogP contribution in [0.3, 0.4) is 0 Å². The number of piperidine rings is 1. The summed E-state index contributed by atoms with van der Waals surface area (Å²) in [6.07, 6.45) is 4.47. The number of nitrogens with one attached hydrogen (secondary N) is 1. The van der Waals surface area contributed by atoms with Gasteiger partial charge < -0.3 is 10.1 Å². The third-order valence-electron chi connectivity index (χ3n) is 4.62. The van der Waals surface area contributed by atoms with Gasteiger partial charge in [0.05, 0.1) is 11.5 Å². The van der Waals surface area contributed by atoms with E-state index in [2.05, 4.69) is 5.32 Å². The number of halogens is 1. The molecule has 3 rings (SSSR count). The summed E-state index contributed by atoms with van der Waals surface area (Å²) in [5.41, 5.74) is 0. The molecule has 1 aromatic carbocycles. The highest BCUT2D eigenvalue weighted by molar-refractivity contribution is 7.89. The zero-order valence-electron chi connectivity index (χ0n) is 14.1. The highest BCUT2D eigenvalue weighted by Gasteiger charge is 2.30. The minimum atomic E-state index is -3.39. The summed E-state index contributed by atoms with van der Waals surface area (Å²) in [5, 5.41) is 3.58.